The first-order valence-corrected chi connectivity index (χ1v) is 4.05. The Hall–Kier alpha value is -0.730. The summed E-state index contributed by atoms with van der Waals surface area (Å²) >= 11 is 11.7. The van der Waals surface area contributed by atoms with Gasteiger partial charge >= 0.3 is 0 Å². The number of benzene rings is 1. The van der Waals surface area contributed by atoms with E-state index in [1.165, 1.54) is 0 Å². The van der Waals surface area contributed by atoms with Crippen LogP contribution < -0.4 is 0 Å². The molecule has 1 aromatic carbocycles. The minimum atomic E-state index is 0.408. The molecule has 0 radical (unpaired) electrons. The highest BCUT2D eigenvalue weighted by atomic mass is 35.5. The topological polar surface area (TPSA) is 32.6 Å². The molecule has 0 spiro atoms. The zero-order valence-corrected chi connectivity index (χ0v) is 7.89. The largest absolute Gasteiger partial charge is 0.411 e. The molecule has 0 heterocycles. The Kier molecular flexibility index (Phi) is 2.95. The van der Waals surface area contributed by atoms with Crippen molar-refractivity contribution in [1.29, 1.82) is 0 Å². The lowest BCUT2D eigenvalue weighted by Gasteiger charge is -2.03. The molecule has 64 valence electrons. The number of halogens is 2. The summed E-state index contributed by atoms with van der Waals surface area (Å²) in [6.07, 6.45) is 0. The van der Waals surface area contributed by atoms with Crippen LogP contribution in [0.2, 0.25) is 10.0 Å². The van der Waals surface area contributed by atoms with Crippen LogP contribution >= 0.6 is 23.2 Å². The lowest BCUT2D eigenvalue weighted by atomic mass is 10.1. The van der Waals surface area contributed by atoms with E-state index in [1.54, 1.807) is 25.1 Å². The Morgan fingerprint density at radius 3 is 2.25 bits per heavy atom. The standard InChI is InChI=1S/C8H7Cl2NO/c1-5(11-12)8-6(9)3-2-4-7(8)10/h2-4,12H,1H3/b11-5+. The van der Waals surface area contributed by atoms with Crippen LogP contribution in [0.1, 0.15) is 12.5 Å². The van der Waals surface area contributed by atoms with Crippen molar-refractivity contribution in [3.8, 4) is 0 Å². The van der Waals surface area contributed by atoms with Crippen molar-refractivity contribution in [2.75, 3.05) is 0 Å². The second kappa shape index (κ2) is 3.78. The summed E-state index contributed by atoms with van der Waals surface area (Å²) in [7, 11) is 0. The van der Waals surface area contributed by atoms with Crippen LogP contribution in [0.4, 0.5) is 0 Å². The summed E-state index contributed by atoms with van der Waals surface area (Å²) < 4.78 is 0. The molecule has 0 amide bonds. The first kappa shape index (κ1) is 9.36. The van der Waals surface area contributed by atoms with Crippen LogP contribution in [0.5, 0.6) is 0 Å². The molecule has 4 heteroatoms. The second-order valence-electron chi connectivity index (χ2n) is 2.28. The van der Waals surface area contributed by atoms with Crippen molar-refractivity contribution >= 4 is 28.9 Å². The fourth-order valence-electron chi connectivity index (χ4n) is 0.893. The first-order chi connectivity index (χ1) is 5.66. The zero-order valence-electron chi connectivity index (χ0n) is 6.38. The first-order valence-electron chi connectivity index (χ1n) is 3.30. The van der Waals surface area contributed by atoms with Crippen LogP contribution in [-0.4, -0.2) is 10.9 Å². The molecule has 0 saturated heterocycles. The highest BCUT2D eigenvalue weighted by Crippen LogP contribution is 2.24. The average Bonchev–Trinajstić information content (AvgIpc) is 2.03. The van der Waals surface area contributed by atoms with Gasteiger partial charge in [-0.2, -0.15) is 0 Å². The normalized spacial score (nSPS) is 11.8. The Labute approximate surface area is 80.4 Å². The van der Waals surface area contributed by atoms with Gasteiger partial charge in [-0.15, -0.1) is 0 Å². The molecule has 0 fully saturated rings. The average molecular weight is 204 g/mol. The number of nitrogens with zero attached hydrogens (tertiary/aromatic N) is 1. The van der Waals surface area contributed by atoms with E-state index in [1.807, 2.05) is 0 Å². The van der Waals surface area contributed by atoms with Gasteiger partial charge in [-0.05, 0) is 19.1 Å². The highest BCUT2D eigenvalue weighted by molar-refractivity contribution is 6.40. The summed E-state index contributed by atoms with van der Waals surface area (Å²) in [6.45, 7) is 1.63. The number of hydrogen-bond acceptors (Lipinski definition) is 2. The third kappa shape index (κ3) is 1.71. The molecule has 1 N–H and O–H groups in total. The summed E-state index contributed by atoms with van der Waals surface area (Å²) in [4.78, 5) is 0. The fraction of sp³-hybridized carbons (Fsp3) is 0.125. The molecule has 2 nitrogen and oxygen atoms in total. The monoisotopic (exact) mass is 203 g/mol. The van der Waals surface area contributed by atoms with E-state index in [9.17, 15) is 0 Å². The summed E-state index contributed by atoms with van der Waals surface area (Å²) in [5.41, 5.74) is 0.980. The second-order valence-corrected chi connectivity index (χ2v) is 3.10. The van der Waals surface area contributed by atoms with Gasteiger partial charge in [0, 0.05) is 5.56 Å². The lowest BCUT2D eigenvalue weighted by molar-refractivity contribution is 0.319. The predicted molar refractivity (Wildman–Crippen MR) is 50.5 cm³/mol. The Morgan fingerprint density at radius 2 is 1.83 bits per heavy atom. The van der Waals surface area contributed by atoms with Crippen molar-refractivity contribution in [1.82, 2.24) is 0 Å². The van der Waals surface area contributed by atoms with Crippen molar-refractivity contribution < 1.29 is 5.21 Å². The maximum Gasteiger partial charge on any atom is 0.0866 e. The molecule has 0 aliphatic heterocycles. The predicted octanol–water partition coefficient (Wildman–Crippen LogP) is 3.19. The van der Waals surface area contributed by atoms with Crippen LogP contribution in [0.3, 0.4) is 0 Å². The van der Waals surface area contributed by atoms with Gasteiger partial charge < -0.3 is 5.21 Å². The van der Waals surface area contributed by atoms with Gasteiger partial charge in [0.1, 0.15) is 0 Å². The zero-order chi connectivity index (χ0) is 9.14. The van der Waals surface area contributed by atoms with Gasteiger partial charge in [0.15, 0.2) is 0 Å². The molecule has 0 unspecified atom stereocenters. The molecule has 0 atom stereocenters. The highest BCUT2D eigenvalue weighted by Gasteiger charge is 2.07. The molecular formula is C8H7Cl2NO. The smallest absolute Gasteiger partial charge is 0.0866 e. The van der Waals surface area contributed by atoms with Gasteiger partial charge in [-0.25, -0.2) is 0 Å². The van der Waals surface area contributed by atoms with Crippen molar-refractivity contribution in [3.63, 3.8) is 0 Å². The molecular weight excluding hydrogens is 197 g/mol. The van der Waals surface area contributed by atoms with Gasteiger partial charge in [0.25, 0.3) is 0 Å². The third-order valence-corrected chi connectivity index (χ3v) is 2.10. The van der Waals surface area contributed by atoms with Crippen LogP contribution in [0, 0.1) is 0 Å². The summed E-state index contributed by atoms with van der Waals surface area (Å²) in [5.74, 6) is 0. The molecule has 12 heavy (non-hydrogen) atoms. The van der Waals surface area contributed by atoms with Gasteiger partial charge in [-0.1, -0.05) is 34.4 Å². The van der Waals surface area contributed by atoms with E-state index >= 15 is 0 Å². The molecule has 1 rings (SSSR count). The van der Waals surface area contributed by atoms with Crippen molar-refractivity contribution in [3.05, 3.63) is 33.8 Å². The maximum absolute atomic E-state index is 8.51. The van der Waals surface area contributed by atoms with E-state index < -0.39 is 0 Å². The molecule has 0 bridgehead atoms. The van der Waals surface area contributed by atoms with E-state index in [2.05, 4.69) is 5.16 Å². The van der Waals surface area contributed by atoms with Crippen molar-refractivity contribution in [2.24, 2.45) is 5.16 Å². The Balaban J connectivity index is 3.31. The third-order valence-electron chi connectivity index (χ3n) is 1.47. The van der Waals surface area contributed by atoms with Crippen LogP contribution in [0.25, 0.3) is 0 Å². The van der Waals surface area contributed by atoms with Gasteiger partial charge in [-0.3, -0.25) is 0 Å². The molecule has 1 aromatic rings. The molecule has 0 aliphatic carbocycles. The SMILES string of the molecule is C/C(=N\O)c1c(Cl)cccc1Cl. The van der Waals surface area contributed by atoms with Crippen LogP contribution in [0.15, 0.2) is 23.4 Å². The van der Waals surface area contributed by atoms with Crippen molar-refractivity contribution in [2.45, 2.75) is 6.92 Å². The van der Waals surface area contributed by atoms with E-state index in [0.717, 1.165) is 0 Å². The number of oxime groups is 1. The Morgan fingerprint density at radius 1 is 1.33 bits per heavy atom. The minimum Gasteiger partial charge on any atom is -0.411 e. The van der Waals surface area contributed by atoms with Crippen LogP contribution in [-0.2, 0) is 0 Å². The van der Waals surface area contributed by atoms with Gasteiger partial charge in [0.2, 0.25) is 0 Å². The molecule has 0 saturated carbocycles. The van der Waals surface area contributed by atoms with E-state index in [0.29, 0.717) is 21.3 Å². The Bertz CT molecular complexity index is 303. The molecule has 0 aromatic heterocycles. The summed E-state index contributed by atoms with van der Waals surface area (Å²) in [5, 5.41) is 12.5. The minimum absolute atomic E-state index is 0.408. The lowest BCUT2D eigenvalue weighted by Crippen LogP contribution is -1.96. The van der Waals surface area contributed by atoms with E-state index in [4.69, 9.17) is 28.4 Å². The van der Waals surface area contributed by atoms with E-state index in [-0.39, 0.29) is 0 Å². The fourth-order valence-corrected chi connectivity index (χ4v) is 1.56. The maximum atomic E-state index is 8.51. The molecule has 0 aliphatic rings. The summed E-state index contributed by atoms with van der Waals surface area (Å²) in [6, 6.07) is 5.12. The number of rotatable bonds is 1. The van der Waals surface area contributed by atoms with Gasteiger partial charge in [0.05, 0.1) is 15.8 Å². The number of hydrogen-bond donors (Lipinski definition) is 1. The quantitative estimate of drug-likeness (QED) is 0.425.